The van der Waals surface area contributed by atoms with E-state index in [1.165, 1.54) is 0 Å². The predicted molar refractivity (Wildman–Crippen MR) is 133 cm³/mol. The third kappa shape index (κ3) is 6.29. The van der Waals surface area contributed by atoms with E-state index < -0.39 is 6.10 Å². The van der Waals surface area contributed by atoms with E-state index in [0.29, 0.717) is 40.6 Å². The first kappa shape index (κ1) is 24.7. The lowest BCUT2D eigenvalue weighted by Crippen LogP contribution is -2.32. The average Bonchev–Trinajstić information content (AvgIpc) is 2.81. The minimum absolute atomic E-state index is 0.0895. The number of halogens is 1. The number of likely N-dealkylation sites (N-methyl/N-ethyl adjacent to an activating group) is 1. The molecule has 3 rings (SSSR count). The predicted octanol–water partition coefficient (Wildman–Crippen LogP) is 4.24. The number of nitrogens with zero attached hydrogens (tertiary/aromatic N) is 3. The molecule has 2 heterocycles. The van der Waals surface area contributed by atoms with Crippen LogP contribution >= 0.6 is 11.6 Å². The standard InChI is InChI=1S/C26H29ClN4O2/c1-4-31(5-2)16-21(32)9-11-25(33)24-12-17(3)18(14-29-24)7-10-22-23-13-20(27)8-6-19(23)15-30-26(22)28/h6,8,12-15,21,32H,4-5,9,11,16H2,1-3H3,(H2,28,30). The number of hydrogen-bond donors (Lipinski definition) is 2. The van der Waals surface area contributed by atoms with Crippen LogP contribution in [0.1, 0.15) is 53.9 Å². The molecule has 0 aliphatic heterocycles. The second kappa shape index (κ2) is 11.2. The number of carbonyl (C=O) groups excluding carboxylic acids is 1. The number of hydrogen-bond acceptors (Lipinski definition) is 6. The lowest BCUT2D eigenvalue weighted by molar-refractivity contribution is 0.0873. The van der Waals surface area contributed by atoms with Crippen molar-refractivity contribution in [2.45, 2.75) is 39.7 Å². The summed E-state index contributed by atoms with van der Waals surface area (Å²) in [6.07, 6.45) is 3.42. The van der Waals surface area contributed by atoms with Gasteiger partial charge in [-0.15, -0.1) is 0 Å². The van der Waals surface area contributed by atoms with Gasteiger partial charge in [0.2, 0.25) is 0 Å². The fraction of sp³-hybridized carbons (Fsp3) is 0.346. The Balaban J connectivity index is 1.75. The summed E-state index contributed by atoms with van der Waals surface area (Å²) in [7, 11) is 0. The molecule has 0 spiro atoms. The quantitative estimate of drug-likeness (QED) is 0.382. The lowest BCUT2D eigenvalue weighted by atomic mass is 10.0. The topological polar surface area (TPSA) is 92.3 Å². The Morgan fingerprint density at radius 1 is 1.18 bits per heavy atom. The summed E-state index contributed by atoms with van der Waals surface area (Å²) in [6.45, 7) is 8.31. The van der Waals surface area contributed by atoms with Gasteiger partial charge in [-0.25, -0.2) is 4.98 Å². The van der Waals surface area contributed by atoms with Gasteiger partial charge in [-0.3, -0.25) is 9.78 Å². The highest BCUT2D eigenvalue weighted by molar-refractivity contribution is 6.31. The summed E-state index contributed by atoms with van der Waals surface area (Å²) in [6, 6.07) is 7.23. The van der Waals surface area contributed by atoms with Gasteiger partial charge in [0.1, 0.15) is 11.5 Å². The third-order valence-electron chi connectivity index (χ3n) is 5.67. The Bertz CT molecular complexity index is 1210. The molecule has 0 radical (unpaired) electrons. The van der Waals surface area contributed by atoms with Gasteiger partial charge in [-0.2, -0.15) is 0 Å². The van der Waals surface area contributed by atoms with Crippen LogP contribution in [0.15, 0.2) is 36.7 Å². The maximum Gasteiger partial charge on any atom is 0.181 e. The molecule has 3 aromatic rings. The van der Waals surface area contributed by atoms with Crippen LogP contribution in [0, 0.1) is 18.8 Å². The number of nitrogens with two attached hydrogens (primary N) is 1. The number of aromatic nitrogens is 2. The molecule has 33 heavy (non-hydrogen) atoms. The van der Waals surface area contributed by atoms with Crippen LogP contribution in [0.5, 0.6) is 0 Å². The lowest BCUT2D eigenvalue weighted by Gasteiger charge is -2.21. The van der Waals surface area contributed by atoms with Crippen LogP contribution < -0.4 is 5.73 Å². The molecule has 0 saturated carbocycles. The maximum absolute atomic E-state index is 12.6. The van der Waals surface area contributed by atoms with Crippen molar-refractivity contribution in [2.75, 3.05) is 25.4 Å². The molecule has 172 valence electrons. The summed E-state index contributed by atoms with van der Waals surface area (Å²) in [4.78, 5) is 23.2. The molecule has 0 aliphatic rings. The van der Waals surface area contributed by atoms with Gasteiger partial charge in [-0.1, -0.05) is 43.4 Å². The molecule has 6 nitrogen and oxygen atoms in total. The largest absolute Gasteiger partial charge is 0.392 e. The van der Waals surface area contributed by atoms with Crippen molar-refractivity contribution in [1.29, 1.82) is 0 Å². The molecule has 3 N–H and O–H groups in total. The number of aliphatic hydroxyl groups is 1. The van der Waals surface area contributed by atoms with Gasteiger partial charge >= 0.3 is 0 Å². The number of rotatable bonds is 8. The van der Waals surface area contributed by atoms with Crippen LogP contribution in [0.2, 0.25) is 5.02 Å². The summed E-state index contributed by atoms with van der Waals surface area (Å²) >= 11 is 6.15. The highest BCUT2D eigenvalue weighted by Gasteiger charge is 2.14. The van der Waals surface area contributed by atoms with E-state index in [4.69, 9.17) is 17.3 Å². The number of pyridine rings is 2. The normalized spacial score (nSPS) is 11.9. The number of nitrogen functional groups attached to an aromatic ring is 1. The van der Waals surface area contributed by atoms with Gasteiger partial charge in [0, 0.05) is 46.7 Å². The molecule has 7 heteroatoms. The molecular weight excluding hydrogens is 436 g/mol. The monoisotopic (exact) mass is 464 g/mol. The number of aryl methyl sites for hydroxylation is 1. The van der Waals surface area contributed by atoms with E-state index in [1.54, 1.807) is 24.5 Å². The minimum atomic E-state index is -0.534. The zero-order valence-electron chi connectivity index (χ0n) is 19.2. The van der Waals surface area contributed by atoms with Crippen LogP contribution in [-0.4, -0.2) is 51.5 Å². The van der Waals surface area contributed by atoms with Crippen LogP contribution in [0.25, 0.3) is 10.8 Å². The Hall–Kier alpha value is -2.98. The van der Waals surface area contributed by atoms with Crippen molar-refractivity contribution >= 4 is 34.0 Å². The second-order valence-electron chi connectivity index (χ2n) is 7.99. The molecule has 1 aromatic carbocycles. The van der Waals surface area contributed by atoms with Crippen molar-refractivity contribution in [3.63, 3.8) is 0 Å². The first-order chi connectivity index (χ1) is 15.8. The van der Waals surface area contributed by atoms with Gasteiger partial charge in [0.15, 0.2) is 5.78 Å². The van der Waals surface area contributed by atoms with E-state index >= 15 is 0 Å². The fourth-order valence-electron chi connectivity index (χ4n) is 3.60. The van der Waals surface area contributed by atoms with E-state index in [0.717, 1.165) is 29.4 Å². The van der Waals surface area contributed by atoms with Gasteiger partial charge in [0.25, 0.3) is 0 Å². The molecule has 1 unspecified atom stereocenters. The number of carbonyl (C=O) groups is 1. The van der Waals surface area contributed by atoms with Crippen molar-refractivity contribution in [3.8, 4) is 11.8 Å². The highest BCUT2D eigenvalue weighted by Crippen LogP contribution is 2.25. The van der Waals surface area contributed by atoms with E-state index in [9.17, 15) is 9.90 Å². The van der Waals surface area contributed by atoms with Gasteiger partial charge in [-0.05, 0) is 50.2 Å². The number of fused-ring (bicyclic) bond motifs is 1. The molecule has 0 fully saturated rings. The van der Waals surface area contributed by atoms with E-state index in [1.807, 2.05) is 19.1 Å². The highest BCUT2D eigenvalue weighted by atomic mass is 35.5. The molecular formula is C26H29ClN4O2. The number of anilines is 1. The molecule has 2 aromatic heterocycles. The van der Waals surface area contributed by atoms with E-state index in [-0.39, 0.29) is 12.2 Å². The molecule has 1 atom stereocenters. The maximum atomic E-state index is 12.6. The Kier molecular flexibility index (Phi) is 8.40. The Labute approximate surface area is 199 Å². The SMILES string of the molecule is CCN(CC)CC(O)CCC(=O)c1cc(C)c(C#Cc2c(N)ncc3ccc(Cl)cc23)cn1. The summed E-state index contributed by atoms with van der Waals surface area (Å²) in [5.41, 5.74) is 8.60. The number of ketones is 1. The Morgan fingerprint density at radius 3 is 2.64 bits per heavy atom. The summed E-state index contributed by atoms with van der Waals surface area (Å²) < 4.78 is 0. The minimum Gasteiger partial charge on any atom is -0.392 e. The third-order valence-corrected chi connectivity index (χ3v) is 5.91. The van der Waals surface area contributed by atoms with Crippen molar-refractivity contribution in [2.24, 2.45) is 0 Å². The van der Waals surface area contributed by atoms with E-state index in [2.05, 4.69) is 40.6 Å². The number of benzene rings is 1. The first-order valence-electron chi connectivity index (χ1n) is 11.1. The molecule has 0 saturated heterocycles. The zero-order valence-corrected chi connectivity index (χ0v) is 20.0. The van der Waals surface area contributed by atoms with Gasteiger partial charge in [0.05, 0.1) is 11.7 Å². The number of Topliss-reactive ketones (excluding diaryl/α,β-unsaturated/α-hetero) is 1. The van der Waals surface area contributed by atoms with Crippen molar-refractivity contribution in [1.82, 2.24) is 14.9 Å². The van der Waals surface area contributed by atoms with Crippen LogP contribution in [0.3, 0.4) is 0 Å². The zero-order chi connectivity index (χ0) is 24.0. The van der Waals surface area contributed by atoms with Crippen LogP contribution in [0.4, 0.5) is 5.82 Å². The smallest absolute Gasteiger partial charge is 0.181 e. The fourth-order valence-corrected chi connectivity index (χ4v) is 3.77. The van der Waals surface area contributed by atoms with Crippen LogP contribution in [-0.2, 0) is 0 Å². The second-order valence-corrected chi connectivity index (χ2v) is 8.42. The summed E-state index contributed by atoms with van der Waals surface area (Å²) in [5, 5.41) is 12.5. The van der Waals surface area contributed by atoms with Crippen molar-refractivity contribution in [3.05, 3.63) is 64.1 Å². The molecule has 0 amide bonds. The average molecular weight is 465 g/mol. The summed E-state index contributed by atoms with van der Waals surface area (Å²) in [5.74, 6) is 6.44. The van der Waals surface area contributed by atoms with Gasteiger partial charge < -0.3 is 15.7 Å². The first-order valence-corrected chi connectivity index (χ1v) is 11.5. The number of aliphatic hydroxyl groups excluding tert-OH is 1. The van der Waals surface area contributed by atoms with Crippen molar-refractivity contribution < 1.29 is 9.90 Å². The molecule has 0 aliphatic carbocycles. The Morgan fingerprint density at radius 2 is 1.94 bits per heavy atom. The molecule has 0 bridgehead atoms.